The first-order valence-electron chi connectivity index (χ1n) is 12.3. The van der Waals surface area contributed by atoms with E-state index in [0.717, 1.165) is 27.8 Å². The maximum absolute atomic E-state index is 13.9. The van der Waals surface area contributed by atoms with Crippen molar-refractivity contribution in [3.63, 3.8) is 0 Å². The molecule has 7 heteroatoms. The summed E-state index contributed by atoms with van der Waals surface area (Å²) in [5.74, 6) is 0.154. The Morgan fingerprint density at radius 1 is 0.919 bits per heavy atom. The highest BCUT2D eigenvalue weighted by Gasteiger charge is 2.22. The number of hydrogen-bond donors (Lipinski definition) is 0. The Kier molecular flexibility index (Phi) is 6.00. The van der Waals surface area contributed by atoms with E-state index in [1.54, 1.807) is 15.3 Å². The zero-order valence-electron chi connectivity index (χ0n) is 20.3. The third-order valence-corrected chi connectivity index (χ3v) is 7.64. The summed E-state index contributed by atoms with van der Waals surface area (Å²) >= 11 is 3.49. The van der Waals surface area contributed by atoms with Gasteiger partial charge < -0.3 is 4.57 Å². The number of nitrogens with zero attached hydrogens (tertiary/aromatic N) is 4. The minimum atomic E-state index is -0.127. The topological polar surface area (TPSA) is 61.3 Å². The molecule has 0 spiro atoms. The van der Waals surface area contributed by atoms with Gasteiger partial charge in [-0.15, -0.1) is 0 Å². The predicted molar refractivity (Wildman–Crippen MR) is 152 cm³/mol. The zero-order chi connectivity index (χ0) is 25.5. The molecule has 0 N–H and O–H groups in total. The largest absolute Gasteiger partial charge is 0.312 e. The number of fused-ring (bicyclic) bond motifs is 2. The van der Waals surface area contributed by atoms with Crippen LogP contribution >= 0.6 is 15.9 Å². The number of hydrogen-bond acceptors (Lipinski definition) is 3. The van der Waals surface area contributed by atoms with Crippen molar-refractivity contribution in [3.05, 3.63) is 127 Å². The molecule has 0 radical (unpaired) electrons. The fraction of sp³-hybridized carbons (Fsp3) is 0.167. The molecular formula is C30H25BrN4O2. The fourth-order valence-electron chi connectivity index (χ4n) is 5.23. The van der Waals surface area contributed by atoms with Crippen molar-refractivity contribution < 1.29 is 0 Å². The van der Waals surface area contributed by atoms with Gasteiger partial charge in [0, 0.05) is 34.9 Å². The van der Waals surface area contributed by atoms with Crippen molar-refractivity contribution >= 4 is 38.7 Å². The van der Waals surface area contributed by atoms with Crippen LogP contribution in [-0.4, -0.2) is 20.1 Å². The first kappa shape index (κ1) is 23.4. The van der Waals surface area contributed by atoms with Crippen molar-refractivity contribution in [2.45, 2.75) is 32.4 Å². The first-order valence-corrected chi connectivity index (χ1v) is 13.1. The average molecular weight is 553 g/mol. The van der Waals surface area contributed by atoms with Gasteiger partial charge in [-0.05, 0) is 54.8 Å². The van der Waals surface area contributed by atoms with Gasteiger partial charge in [-0.2, -0.15) is 0 Å². The first-order chi connectivity index (χ1) is 18.0. The monoisotopic (exact) mass is 552 g/mol. The van der Waals surface area contributed by atoms with Crippen molar-refractivity contribution in [1.29, 1.82) is 0 Å². The van der Waals surface area contributed by atoms with Crippen LogP contribution in [0.25, 0.3) is 16.6 Å². The second-order valence-electron chi connectivity index (χ2n) is 9.35. The normalized spacial score (nSPS) is 14.4. The number of benzene rings is 3. The molecule has 1 unspecified atom stereocenters. The van der Waals surface area contributed by atoms with Gasteiger partial charge in [0.05, 0.1) is 28.8 Å². The van der Waals surface area contributed by atoms with Crippen LogP contribution < -0.4 is 11.1 Å². The van der Waals surface area contributed by atoms with Crippen LogP contribution in [0.15, 0.2) is 104 Å². The molecule has 1 aliphatic heterocycles. The summed E-state index contributed by atoms with van der Waals surface area (Å²) in [5.41, 5.74) is 5.06. The molecule has 1 atom stereocenters. The number of aliphatic imine (C=N–C) groups is 1. The van der Waals surface area contributed by atoms with Gasteiger partial charge in [0.2, 0.25) is 0 Å². The lowest BCUT2D eigenvalue weighted by molar-refractivity contribution is 0.597. The summed E-state index contributed by atoms with van der Waals surface area (Å²) in [5, 5.41) is 0.570. The second-order valence-corrected chi connectivity index (χ2v) is 10.3. The van der Waals surface area contributed by atoms with E-state index in [4.69, 9.17) is 0 Å². The number of para-hydroxylation sites is 2. The van der Waals surface area contributed by atoms with E-state index in [9.17, 15) is 9.59 Å². The number of pyridine rings is 1. The Morgan fingerprint density at radius 2 is 1.65 bits per heavy atom. The smallest absolute Gasteiger partial charge is 0.281 e. The van der Waals surface area contributed by atoms with Crippen LogP contribution in [0.1, 0.15) is 29.2 Å². The van der Waals surface area contributed by atoms with Crippen LogP contribution in [0.4, 0.5) is 5.69 Å². The van der Waals surface area contributed by atoms with E-state index in [-0.39, 0.29) is 17.0 Å². The van der Waals surface area contributed by atoms with E-state index in [1.807, 2.05) is 90.6 Å². The van der Waals surface area contributed by atoms with Gasteiger partial charge in [0.1, 0.15) is 0 Å². The zero-order valence-corrected chi connectivity index (χ0v) is 21.9. The Bertz CT molecular complexity index is 1760. The maximum atomic E-state index is 13.9. The molecule has 0 amide bonds. The van der Waals surface area contributed by atoms with Crippen LogP contribution in [-0.2, 0) is 13.1 Å². The van der Waals surface area contributed by atoms with Gasteiger partial charge in [0.15, 0.2) is 0 Å². The maximum Gasteiger partial charge on any atom is 0.281 e. The minimum absolute atomic E-state index is 0.108. The molecule has 6 rings (SSSR count). The lowest BCUT2D eigenvalue weighted by Gasteiger charge is -2.15. The van der Waals surface area contributed by atoms with Crippen LogP contribution in [0.2, 0.25) is 0 Å². The molecule has 0 bridgehead atoms. The highest BCUT2D eigenvalue weighted by Crippen LogP contribution is 2.34. The Morgan fingerprint density at radius 3 is 2.43 bits per heavy atom. The Hall–Kier alpha value is -3.97. The lowest BCUT2D eigenvalue weighted by atomic mass is 9.98. The van der Waals surface area contributed by atoms with Gasteiger partial charge >= 0.3 is 0 Å². The van der Waals surface area contributed by atoms with Crippen LogP contribution in [0.5, 0.6) is 0 Å². The van der Waals surface area contributed by atoms with Gasteiger partial charge in [-0.3, -0.25) is 19.3 Å². The molecular weight excluding hydrogens is 528 g/mol. The summed E-state index contributed by atoms with van der Waals surface area (Å²) < 4.78 is 6.32. The third kappa shape index (κ3) is 4.19. The molecule has 6 nitrogen and oxygen atoms in total. The molecule has 3 aromatic carbocycles. The summed E-state index contributed by atoms with van der Waals surface area (Å²) in [7, 11) is 0. The minimum Gasteiger partial charge on any atom is -0.312 e. The second kappa shape index (κ2) is 9.48. The number of rotatable bonds is 6. The van der Waals surface area contributed by atoms with Gasteiger partial charge in [0.25, 0.3) is 11.1 Å². The highest BCUT2D eigenvalue weighted by atomic mass is 79.9. The highest BCUT2D eigenvalue weighted by molar-refractivity contribution is 9.10. The number of aryl methyl sites for hydroxylation is 1. The predicted octanol–water partition coefficient (Wildman–Crippen LogP) is 5.96. The quantitative estimate of drug-likeness (QED) is 0.261. The SMILES string of the molecule is Cc1c2c(=O)n(-c3ccccc3)n(Cc3ccc(Br)cc3)c2cc(=O)n1CCC1C=Nc2ccccc21. The molecule has 184 valence electrons. The van der Waals surface area contributed by atoms with E-state index in [0.29, 0.717) is 29.7 Å². The molecule has 1 aliphatic rings. The molecule has 3 heterocycles. The molecule has 0 saturated carbocycles. The molecule has 37 heavy (non-hydrogen) atoms. The molecule has 2 aromatic heterocycles. The fourth-order valence-corrected chi connectivity index (χ4v) is 5.50. The standard InChI is InChI=1S/C30H25BrN4O2/c1-20-29-27(17-28(36)33(20)16-15-22-18-32-26-10-6-5-9-25(22)26)34(19-21-11-13-23(31)14-12-21)35(30(29)37)24-7-3-2-4-8-24/h2-14,17-18,22H,15-16,19H2,1H3. The van der Waals surface area contributed by atoms with E-state index in [1.165, 1.54) is 5.56 Å². The molecule has 0 aliphatic carbocycles. The van der Waals surface area contributed by atoms with Crippen molar-refractivity contribution in [3.8, 4) is 5.69 Å². The van der Waals surface area contributed by atoms with Crippen molar-refractivity contribution in [2.24, 2.45) is 4.99 Å². The Labute approximate surface area is 222 Å². The van der Waals surface area contributed by atoms with Crippen molar-refractivity contribution in [1.82, 2.24) is 13.9 Å². The number of aromatic nitrogens is 3. The summed E-state index contributed by atoms with van der Waals surface area (Å²) in [6, 6.07) is 27.3. The lowest BCUT2D eigenvalue weighted by Crippen LogP contribution is -2.24. The summed E-state index contributed by atoms with van der Waals surface area (Å²) in [6.07, 6.45) is 2.69. The van der Waals surface area contributed by atoms with Crippen LogP contribution in [0, 0.1) is 6.92 Å². The average Bonchev–Trinajstić information content (AvgIpc) is 3.44. The molecule has 0 saturated heterocycles. The van der Waals surface area contributed by atoms with Crippen molar-refractivity contribution in [2.75, 3.05) is 0 Å². The van der Waals surface area contributed by atoms with E-state index >= 15 is 0 Å². The molecule has 5 aromatic rings. The van der Waals surface area contributed by atoms with Gasteiger partial charge in [-0.1, -0.05) is 64.5 Å². The summed E-state index contributed by atoms with van der Waals surface area (Å²) in [6.45, 7) is 2.84. The van der Waals surface area contributed by atoms with E-state index < -0.39 is 0 Å². The van der Waals surface area contributed by atoms with E-state index in [2.05, 4.69) is 27.0 Å². The Balaban J connectivity index is 1.46. The molecule has 0 fully saturated rings. The van der Waals surface area contributed by atoms with Crippen LogP contribution in [0.3, 0.4) is 0 Å². The third-order valence-electron chi connectivity index (χ3n) is 7.11. The van der Waals surface area contributed by atoms with Gasteiger partial charge in [-0.25, -0.2) is 4.68 Å². The summed E-state index contributed by atoms with van der Waals surface area (Å²) in [4.78, 5) is 31.8. The number of halogens is 1.